The molecular formula is C31H33N3O6S. The van der Waals surface area contributed by atoms with Gasteiger partial charge in [-0.1, -0.05) is 24.3 Å². The summed E-state index contributed by atoms with van der Waals surface area (Å²) in [7, 11) is -1.15. The predicted molar refractivity (Wildman–Crippen MR) is 157 cm³/mol. The number of ether oxygens (including phenoxy) is 2. The van der Waals surface area contributed by atoms with Crippen LogP contribution in [0.5, 0.6) is 5.75 Å². The fourth-order valence-electron chi connectivity index (χ4n) is 4.57. The number of hydrogen-bond donors (Lipinski definition) is 2. The van der Waals surface area contributed by atoms with Crippen molar-refractivity contribution >= 4 is 38.6 Å². The maximum atomic E-state index is 13.0. The Kier molecular flexibility index (Phi) is 6.10. The van der Waals surface area contributed by atoms with Crippen LogP contribution in [-0.2, 0) is 28.2 Å². The first-order chi connectivity index (χ1) is 21.9. The average molecular weight is 582 g/mol. The van der Waals surface area contributed by atoms with Gasteiger partial charge in [-0.15, -0.1) is 0 Å². The van der Waals surface area contributed by atoms with Crippen molar-refractivity contribution in [2.45, 2.75) is 49.9 Å². The minimum atomic E-state index is -4.18. The highest BCUT2D eigenvalue weighted by atomic mass is 32.2. The fourth-order valence-corrected chi connectivity index (χ4v) is 5.79. The van der Waals surface area contributed by atoms with E-state index in [1.807, 2.05) is 4.72 Å². The van der Waals surface area contributed by atoms with Crippen molar-refractivity contribution in [3.63, 3.8) is 0 Å². The summed E-state index contributed by atoms with van der Waals surface area (Å²) in [6, 6.07) is 15.0. The Morgan fingerprint density at radius 1 is 1.07 bits per heavy atom. The van der Waals surface area contributed by atoms with Gasteiger partial charge in [-0.05, 0) is 85.6 Å². The number of carbonyl (C=O) groups is 2. The van der Waals surface area contributed by atoms with Gasteiger partial charge in [-0.3, -0.25) is 10.1 Å². The summed E-state index contributed by atoms with van der Waals surface area (Å²) in [6.45, 7) is 1.61. The quantitative estimate of drug-likeness (QED) is 0.276. The Bertz CT molecular complexity index is 1980. The molecule has 9 nitrogen and oxygen atoms in total. The number of aromatic nitrogens is 1. The van der Waals surface area contributed by atoms with Gasteiger partial charge in [0.1, 0.15) is 11.9 Å². The molecule has 0 spiro atoms. The van der Waals surface area contributed by atoms with Crippen LogP contribution in [0.3, 0.4) is 0 Å². The number of aryl methyl sites for hydroxylation is 2. The molecule has 0 saturated heterocycles. The van der Waals surface area contributed by atoms with E-state index in [0.29, 0.717) is 16.5 Å². The molecule has 0 bridgehead atoms. The van der Waals surface area contributed by atoms with Crippen LogP contribution in [0.25, 0.3) is 10.9 Å². The molecule has 2 N–H and O–H groups in total. The number of amides is 2. The van der Waals surface area contributed by atoms with Crippen molar-refractivity contribution in [1.29, 1.82) is 0 Å². The topological polar surface area (TPSA) is 116 Å². The Morgan fingerprint density at radius 3 is 2.56 bits per heavy atom. The number of fused-ring (bicyclic) bond motifs is 1. The van der Waals surface area contributed by atoms with E-state index in [4.69, 9.17) is 17.7 Å². The van der Waals surface area contributed by atoms with Gasteiger partial charge in [-0.2, -0.15) is 0 Å². The van der Waals surface area contributed by atoms with E-state index in [2.05, 4.69) is 5.32 Å². The molecule has 214 valence electrons. The lowest BCUT2D eigenvalue weighted by molar-refractivity contribution is 0.0980. The minimum Gasteiger partial charge on any atom is -0.496 e. The number of carbonyl (C=O) groups excluding carboxylic acids is 2. The normalized spacial score (nSPS) is 18.7. The molecule has 0 radical (unpaired) electrons. The van der Waals surface area contributed by atoms with E-state index in [-0.39, 0.29) is 45.9 Å². The van der Waals surface area contributed by atoms with Crippen LogP contribution in [0.1, 0.15) is 60.9 Å². The van der Waals surface area contributed by atoms with Crippen molar-refractivity contribution in [2.75, 3.05) is 12.4 Å². The van der Waals surface area contributed by atoms with E-state index >= 15 is 0 Å². The monoisotopic (exact) mass is 581 g/mol. The van der Waals surface area contributed by atoms with Gasteiger partial charge >= 0.3 is 6.09 Å². The van der Waals surface area contributed by atoms with E-state index in [1.54, 1.807) is 61.1 Å². The molecule has 1 aliphatic carbocycles. The molecule has 1 aliphatic rings. The largest absolute Gasteiger partial charge is 0.496 e. The van der Waals surface area contributed by atoms with Crippen molar-refractivity contribution in [2.24, 2.45) is 7.05 Å². The molecule has 41 heavy (non-hydrogen) atoms. The van der Waals surface area contributed by atoms with Crippen LogP contribution >= 0.6 is 0 Å². The van der Waals surface area contributed by atoms with E-state index in [9.17, 15) is 18.0 Å². The molecule has 2 amide bonds. The maximum Gasteiger partial charge on any atom is 0.411 e. The highest BCUT2D eigenvalue weighted by Crippen LogP contribution is 2.30. The van der Waals surface area contributed by atoms with Crippen LogP contribution in [-0.4, -0.2) is 38.2 Å². The summed E-state index contributed by atoms with van der Waals surface area (Å²) in [6.07, 6.45) is -7.29. The zero-order valence-corrected chi connectivity index (χ0v) is 23.5. The van der Waals surface area contributed by atoms with Crippen molar-refractivity contribution in [1.82, 2.24) is 9.29 Å². The molecule has 0 atom stereocenters. The highest BCUT2D eigenvalue weighted by molar-refractivity contribution is 7.90. The first-order valence-electron chi connectivity index (χ1n) is 15.7. The number of hydrogen-bond acceptors (Lipinski definition) is 6. The van der Waals surface area contributed by atoms with Gasteiger partial charge in [0.05, 0.1) is 12.0 Å². The molecule has 4 aromatic rings. The van der Waals surface area contributed by atoms with E-state index < -0.39 is 47.2 Å². The second-order valence-corrected chi connectivity index (χ2v) is 11.2. The minimum absolute atomic E-state index is 0.00193. The lowest BCUT2D eigenvalue weighted by atomic mass is 10.0. The summed E-state index contributed by atoms with van der Waals surface area (Å²) in [5.41, 5.74) is 1.57. The number of rotatable bonds is 8. The van der Waals surface area contributed by atoms with Gasteiger partial charge in [0.25, 0.3) is 15.9 Å². The SMILES string of the molecule is [2H]C([2H])(c1ccc(C(=O)NS(=O)(=O)c2ccccc2C)cc1OC)c1cn(C)c2ccc(NC(=O)OC3CC([2H])([2H])C([2H])([2H])C3)cc12. The second-order valence-electron chi connectivity index (χ2n) is 9.54. The summed E-state index contributed by atoms with van der Waals surface area (Å²) in [5, 5.41) is 3.01. The van der Waals surface area contributed by atoms with Gasteiger partial charge in [0.2, 0.25) is 0 Å². The molecule has 3 aromatic carbocycles. The van der Waals surface area contributed by atoms with Crippen LogP contribution in [0.2, 0.25) is 0 Å². The van der Waals surface area contributed by atoms with Crippen LogP contribution in [0.4, 0.5) is 10.5 Å². The van der Waals surface area contributed by atoms with Gasteiger partial charge < -0.3 is 14.0 Å². The number of benzene rings is 3. The Balaban J connectivity index is 1.40. The summed E-state index contributed by atoms with van der Waals surface area (Å²) in [4.78, 5) is 25.6. The third kappa shape index (κ3) is 6.22. The number of anilines is 1. The third-order valence-electron chi connectivity index (χ3n) is 6.64. The van der Waals surface area contributed by atoms with Gasteiger partial charge in [0, 0.05) is 50.0 Å². The van der Waals surface area contributed by atoms with Gasteiger partial charge in [-0.25, -0.2) is 17.9 Å². The summed E-state index contributed by atoms with van der Waals surface area (Å²) in [5.74, 6) is -0.918. The van der Waals surface area contributed by atoms with Crippen LogP contribution in [0, 0.1) is 6.92 Å². The Hall–Kier alpha value is -4.31. The Labute approximate surface area is 247 Å². The van der Waals surface area contributed by atoms with Crippen molar-refractivity contribution in [3.05, 3.63) is 89.1 Å². The summed E-state index contributed by atoms with van der Waals surface area (Å²) >= 11 is 0. The highest BCUT2D eigenvalue weighted by Gasteiger charge is 2.22. The molecule has 10 heteroatoms. The fraction of sp³-hybridized carbons (Fsp3) is 0.290. The number of nitrogens with one attached hydrogen (secondary N) is 2. The Morgan fingerprint density at radius 2 is 1.83 bits per heavy atom. The zero-order chi connectivity index (χ0) is 34.5. The van der Waals surface area contributed by atoms with Crippen molar-refractivity contribution < 1.29 is 35.7 Å². The molecular weight excluding hydrogens is 542 g/mol. The first kappa shape index (κ1) is 21.4. The van der Waals surface area contributed by atoms with Gasteiger partial charge in [0.15, 0.2) is 0 Å². The lowest BCUT2D eigenvalue weighted by Gasteiger charge is -2.13. The molecule has 5 rings (SSSR count). The van der Waals surface area contributed by atoms with Crippen LogP contribution < -0.4 is 14.8 Å². The van der Waals surface area contributed by atoms with E-state index in [0.717, 1.165) is 0 Å². The van der Waals surface area contributed by atoms with Crippen LogP contribution in [0.15, 0.2) is 71.8 Å². The average Bonchev–Trinajstić information content (AvgIpc) is 3.42. The van der Waals surface area contributed by atoms with E-state index in [1.165, 1.54) is 31.4 Å². The lowest BCUT2D eigenvalue weighted by Crippen LogP contribution is -2.31. The second kappa shape index (κ2) is 11.7. The molecule has 1 fully saturated rings. The number of sulfonamides is 1. The zero-order valence-electron chi connectivity index (χ0n) is 28.6. The van der Waals surface area contributed by atoms with Crippen molar-refractivity contribution in [3.8, 4) is 5.75 Å². The maximum absolute atomic E-state index is 13.0. The molecule has 0 unspecified atom stereocenters. The molecule has 1 saturated carbocycles. The standard InChI is InChI=1S/C31H33N3O6S/c1-20-8-4-7-11-29(20)41(37,38)33-30(35)22-13-12-21(28(17-22)39-3)16-23-19-34(2)27-15-14-24(18-26(23)27)32-31(36)40-25-9-5-6-10-25/h4,7-8,11-15,17-19,25H,5-6,9-10,16H2,1-3H3,(H,32,36)(H,33,35)/i5D2,6D2,16D2. The molecule has 0 aliphatic heterocycles. The first-order valence-corrected chi connectivity index (χ1v) is 14.2. The smallest absolute Gasteiger partial charge is 0.411 e. The third-order valence-corrected chi connectivity index (χ3v) is 8.13. The summed E-state index contributed by atoms with van der Waals surface area (Å²) < 4.78 is 89.9. The predicted octanol–water partition coefficient (Wildman–Crippen LogP) is 5.70. The molecule has 1 aromatic heterocycles. The number of methoxy groups -OCH3 is 1. The molecule has 1 heterocycles. The number of nitrogens with zero attached hydrogens (tertiary/aromatic N) is 1.